The number of nitrogen functional groups attached to an aromatic ring is 1. The van der Waals surface area contributed by atoms with Crippen molar-refractivity contribution < 1.29 is 13.0 Å². The molecule has 0 amide bonds. The highest BCUT2D eigenvalue weighted by Crippen LogP contribution is 2.32. The highest BCUT2D eigenvalue weighted by atomic mass is 32.2. The van der Waals surface area contributed by atoms with E-state index in [1.165, 1.54) is 154 Å². The maximum Gasteiger partial charge on any atom is 0.273 e. The average Bonchev–Trinajstić information content (AvgIpc) is 3.10. The van der Waals surface area contributed by atoms with Gasteiger partial charge >= 0.3 is 0 Å². The lowest BCUT2D eigenvalue weighted by atomic mass is 10.0. The molecular weight excluding hydrogens is 639 g/mol. The van der Waals surface area contributed by atoms with Crippen molar-refractivity contribution in [2.45, 2.75) is 212 Å². The first-order valence-electron chi connectivity index (χ1n) is 21.5. The lowest BCUT2D eigenvalue weighted by molar-refractivity contribution is 0.252. The van der Waals surface area contributed by atoms with E-state index in [9.17, 15) is 13.0 Å². The summed E-state index contributed by atoms with van der Waals surface area (Å²) in [5.41, 5.74) is 7.75. The van der Waals surface area contributed by atoms with E-state index in [2.05, 4.69) is 13.8 Å². The number of amidine groups is 1. The molecule has 6 nitrogen and oxygen atoms in total. The number of unbranched alkanes of at least 4 members (excludes halogenated alkanes) is 26. The number of nitrogens with two attached hydrogens (primary N) is 1. The third kappa shape index (κ3) is 21.8. The molecule has 50 heavy (non-hydrogen) atoms. The normalized spacial score (nSPS) is 12.8. The summed E-state index contributed by atoms with van der Waals surface area (Å²) in [4.78, 5) is 0. The maximum atomic E-state index is 12.6. The number of para-hydroxylation sites is 1. The van der Waals surface area contributed by atoms with Crippen molar-refractivity contribution in [3.05, 3.63) is 29.8 Å². The van der Waals surface area contributed by atoms with Crippen LogP contribution < -0.4 is 10.2 Å². The van der Waals surface area contributed by atoms with Gasteiger partial charge in [0.05, 0.1) is 18.7 Å². The van der Waals surface area contributed by atoms with Gasteiger partial charge in [0.15, 0.2) is 0 Å². The van der Waals surface area contributed by atoms with Crippen molar-refractivity contribution in [3.8, 4) is 0 Å². The standard InChI is InChI=1S/C43H81N3O3S/c1-4-7-9-11-13-15-17-19-21-23-25-27-29-33-37-46(39-40(6-3)50(47,48)49,42-36-32-31-35-41(42)43(44)45)38-34-30-28-26-24-22-20-18-16-14-12-10-8-5-2/h31-32,35-36,40H,4-30,33-34,37-39H2,1-3H3,(H3-,44,45,47,48,49)/p+1. The molecule has 0 aromatic heterocycles. The molecular formula is C43H82N3O3S+. The predicted octanol–water partition coefficient (Wildman–Crippen LogP) is 12.9. The Morgan fingerprint density at radius 2 is 0.920 bits per heavy atom. The fourth-order valence-electron chi connectivity index (χ4n) is 7.79. The second-order valence-electron chi connectivity index (χ2n) is 15.4. The van der Waals surface area contributed by atoms with Gasteiger partial charge in [-0.15, -0.1) is 0 Å². The summed E-state index contributed by atoms with van der Waals surface area (Å²) in [6.45, 7) is 8.31. The SMILES string of the molecule is CCCCCCCCCCCCCCCC[N+](CCCCCCCCCCCCCCCC)(CC(CC)S(=O)(=O)O)c1ccccc1C(=N)N. The fraction of sp³-hybridized carbons (Fsp3) is 0.837. The molecule has 0 aliphatic rings. The summed E-state index contributed by atoms with van der Waals surface area (Å²) in [5.74, 6) is 0.0184. The minimum absolute atomic E-state index is 0.0184. The van der Waals surface area contributed by atoms with Gasteiger partial charge in [-0.05, 0) is 44.2 Å². The molecule has 0 aliphatic heterocycles. The van der Waals surface area contributed by atoms with Crippen LogP contribution in [0.5, 0.6) is 0 Å². The van der Waals surface area contributed by atoms with E-state index in [0.717, 1.165) is 44.5 Å². The number of nitrogens with one attached hydrogen (secondary N) is 1. The summed E-state index contributed by atoms with van der Waals surface area (Å²) in [7, 11) is -4.21. The summed E-state index contributed by atoms with van der Waals surface area (Å²) in [6.07, 6.45) is 36.6. The second kappa shape index (κ2) is 30.1. The Kier molecular flexibility index (Phi) is 28.0. The molecule has 7 heteroatoms. The molecule has 0 saturated carbocycles. The monoisotopic (exact) mass is 721 g/mol. The molecule has 4 N–H and O–H groups in total. The topological polar surface area (TPSA) is 104 Å². The lowest BCUT2D eigenvalue weighted by Crippen LogP contribution is -2.56. The molecule has 1 unspecified atom stereocenters. The van der Waals surface area contributed by atoms with Crippen molar-refractivity contribution >= 4 is 21.6 Å². The van der Waals surface area contributed by atoms with Crippen LogP contribution in [-0.4, -0.2) is 43.7 Å². The van der Waals surface area contributed by atoms with E-state index in [1.807, 2.05) is 31.2 Å². The average molecular weight is 721 g/mol. The van der Waals surface area contributed by atoms with Crippen molar-refractivity contribution in [2.75, 3.05) is 19.6 Å². The lowest BCUT2D eigenvalue weighted by Gasteiger charge is -2.41. The zero-order chi connectivity index (χ0) is 36.8. The minimum Gasteiger partial charge on any atom is -0.383 e. The molecule has 0 bridgehead atoms. The zero-order valence-electron chi connectivity index (χ0n) is 33.2. The van der Waals surface area contributed by atoms with Gasteiger partial charge in [0.25, 0.3) is 10.1 Å². The summed E-state index contributed by atoms with van der Waals surface area (Å²) >= 11 is 0. The number of hydrogen-bond acceptors (Lipinski definition) is 3. The molecule has 0 aliphatic carbocycles. The molecule has 1 atom stereocenters. The van der Waals surface area contributed by atoms with Crippen LogP contribution in [0, 0.1) is 5.41 Å². The molecule has 292 valence electrons. The number of quaternary nitrogens is 1. The van der Waals surface area contributed by atoms with Gasteiger partial charge in [0, 0.05) is 0 Å². The number of benzene rings is 1. The smallest absolute Gasteiger partial charge is 0.273 e. The minimum atomic E-state index is -4.21. The Balaban J connectivity index is 2.74. The van der Waals surface area contributed by atoms with Crippen LogP contribution in [0.2, 0.25) is 0 Å². The van der Waals surface area contributed by atoms with Crippen molar-refractivity contribution in [1.29, 1.82) is 5.41 Å². The summed E-state index contributed by atoms with van der Waals surface area (Å²) in [6, 6.07) is 7.84. The first-order valence-corrected chi connectivity index (χ1v) is 23.0. The number of hydrogen-bond donors (Lipinski definition) is 3. The molecule has 1 rings (SSSR count). The first kappa shape index (κ1) is 46.6. The number of nitrogens with zero attached hydrogens (tertiary/aromatic N) is 1. The van der Waals surface area contributed by atoms with E-state index in [4.69, 9.17) is 11.1 Å². The molecule has 0 spiro atoms. The van der Waals surface area contributed by atoms with Crippen LogP contribution in [0.1, 0.15) is 213 Å². The second-order valence-corrected chi connectivity index (χ2v) is 17.1. The van der Waals surface area contributed by atoms with E-state index >= 15 is 0 Å². The van der Waals surface area contributed by atoms with Gasteiger partial charge in [0.2, 0.25) is 0 Å². The zero-order valence-corrected chi connectivity index (χ0v) is 34.0. The highest BCUT2D eigenvalue weighted by Gasteiger charge is 2.39. The van der Waals surface area contributed by atoms with Crippen LogP contribution in [-0.2, 0) is 10.1 Å². The molecule has 0 saturated heterocycles. The van der Waals surface area contributed by atoms with Gasteiger partial charge < -0.3 is 5.73 Å². The van der Waals surface area contributed by atoms with Crippen LogP contribution in [0.15, 0.2) is 24.3 Å². The number of rotatable bonds is 36. The molecule has 1 aromatic carbocycles. The Morgan fingerprint density at radius 3 is 1.22 bits per heavy atom. The highest BCUT2D eigenvalue weighted by molar-refractivity contribution is 7.86. The van der Waals surface area contributed by atoms with E-state index in [-0.39, 0.29) is 5.84 Å². The molecule has 0 radical (unpaired) electrons. The fourth-order valence-corrected chi connectivity index (χ4v) is 8.69. The van der Waals surface area contributed by atoms with Crippen LogP contribution >= 0.6 is 0 Å². The van der Waals surface area contributed by atoms with Crippen LogP contribution in [0.25, 0.3) is 0 Å². The van der Waals surface area contributed by atoms with Crippen molar-refractivity contribution in [1.82, 2.24) is 4.48 Å². The molecule has 0 heterocycles. The maximum absolute atomic E-state index is 12.6. The Hall–Kier alpha value is -1.44. The van der Waals surface area contributed by atoms with Gasteiger partial charge in [0.1, 0.15) is 23.3 Å². The Morgan fingerprint density at radius 1 is 0.600 bits per heavy atom. The largest absolute Gasteiger partial charge is 0.383 e. The Bertz CT molecular complexity index is 1030. The van der Waals surface area contributed by atoms with Crippen LogP contribution in [0.4, 0.5) is 5.69 Å². The van der Waals surface area contributed by atoms with Gasteiger partial charge in [-0.3, -0.25) is 14.4 Å². The van der Waals surface area contributed by atoms with E-state index in [0.29, 0.717) is 23.0 Å². The quantitative estimate of drug-likeness (QED) is 0.0211. The van der Waals surface area contributed by atoms with Crippen molar-refractivity contribution in [3.63, 3.8) is 0 Å². The molecule has 0 fully saturated rings. The molecule has 1 aromatic rings. The van der Waals surface area contributed by atoms with E-state index < -0.39 is 15.4 Å². The summed E-state index contributed by atoms with van der Waals surface area (Å²) in [5, 5.41) is 7.53. The van der Waals surface area contributed by atoms with Gasteiger partial charge in [-0.1, -0.05) is 187 Å². The van der Waals surface area contributed by atoms with Crippen LogP contribution in [0.3, 0.4) is 0 Å². The third-order valence-corrected chi connectivity index (χ3v) is 12.3. The van der Waals surface area contributed by atoms with Crippen molar-refractivity contribution in [2.24, 2.45) is 5.73 Å². The van der Waals surface area contributed by atoms with E-state index in [1.54, 1.807) is 0 Å². The summed E-state index contributed by atoms with van der Waals surface area (Å²) < 4.78 is 35.9. The predicted molar refractivity (Wildman–Crippen MR) is 220 cm³/mol. The Labute approximate surface area is 311 Å². The van der Waals surface area contributed by atoms with Gasteiger partial charge in [-0.25, -0.2) is 0 Å². The third-order valence-electron chi connectivity index (χ3n) is 11.0. The first-order chi connectivity index (χ1) is 24.2. The van der Waals surface area contributed by atoms with Gasteiger partial charge in [-0.2, -0.15) is 8.42 Å².